The van der Waals surface area contributed by atoms with Crippen LogP contribution < -0.4 is 0 Å². The molecule has 3 heteroatoms. The number of hydrogen-bond acceptors (Lipinski definition) is 3. The normalized spacial score (nSPS) is 26.2. The molecule has 1 fully saturated rings. The number of aromatic hydroxyl groups is 2. The van der Waals surface area contributed by atoms with Gasteiger partial charge < -0.3 is 10.2 Å². The SMILES string of the molecule is C=CC(C)Sc1cc(O)c(C2CC(C)CCC2C(C)C)c(O)c1. The lowest BCUT2D eigenvalue weighted by molar-refractivity contribution is 0.192. The van der Waals surface area contributed by atoms with Gasteiger partial charge in [-0.3, -0.25) is 0 Å². The van der Waals surface area contributed by atoms with E-state index in [-0.39, 0.29) is 22.7 Å². The molecule has 1 aliphatic rings. The van der Waals surface area contributed by atoms with E-state index in [1.165, 1.54) is 12.8 Å². The molecule has 4 unspecified atom stereocenters. The smallest absolute Gasteiger partial charge is 0.123 e. The summed E-state index contributed by atoms with van der Waals surface area (Å²) >= 11 is 1.60. The molecule has 0 saturated heterocycles. The Hall–Kier alpha value is -1.09. The molecule has 4 atom stereocenters. The highest BCUT2D eigenvalue weighted by Crippen LogP contribution is 2.50. The van der Waals surface area contributed by atoms with Gasteiger partial charge in [-0.2, -0.15) is 0 Å². The summed E-state index contributed by atoms with van der Waals surface area (Å²) in [5, 5.41) is 21.4. The highest BCUT2D eigenvalue weighted by Gasteiger charge is 2.35. The van der Waals surface area contributed by atoms with E-state index in [9.17, 15) is 10.2 Å². The van der Waals surface area contributed by atoms with Crippen molar-refractivity contribution in [3.05, 3.63) is 30.4 Å². The molecule has 1 aromatic carbocycles. The van der Waals surface area contributed by atoms with Crippen LogP contribution in [0.25, 0.3) is 0 Å². The van der Waals surface area contributed by atoms with Crippen molar-refractivity contribution in [1.82, 2.24) is 0 Å². The van der Waals surface area contributed by atoms with Crippen molar-refractivity contribution in [1.29, 1.82) is 0 Å². The first-order chi connectivity index (χ1) is 10.8. The van der Waals surface area contributed by atoms with Crippen molar-refractivity contribution in [2.75, 3.05) is 0 Å². The van der Waals surface area contributed by atoms with Gasteiger partial charge in [-0.15, -0.1) is 18.3 Å². The molecule has 2 nitrogen and oxygen atoms in total. The Labute approximate surface area is 145 Å². The summed E-state index contributed by atoms with van der Waals surface area (Å²) in [6.07, 6.45) is 5.32. The molecule has 1 aromatic rings. The van der Waals surface area contributed by atoms with E-state index in [2.05, 4.69) is 34.3 Å². The van der Waals surface area contributed by atoms with E-state index < -0.39 is 0 Å². The fourth-order valence-corrected chi connectivity index (χ4v) is 4.73. The second kappa shape index (κ2) is 7.65. The second-order valence-corrected chi connectivity index (χ2v) is 8.82. The molecule has 2 rings (SSSR count). The zero-order valence-corrected chi connectivity index (χ0v) is 15.6. The maximum absolute atomic E-state index is 10.6. The third-order valence-electron chi connectivity index (χ3n) is 5.16. The first kappa shape index (κ1) is 18.3. The van der Waals surface area contributed by atoms with Crippen LogP contribution in [-0.2, 0) is 0 Å². The molecule has 0 spiro atoms. The van der Waals surface area contributed by atoms with Crippen LogP contribution in [0.4, 0.5) is 0 Å². The number of rotatable bonds is 5. The van der Waals surface area contributed by atoms with Crippen molar-refractivity contribution < 1.29 is 10.2 Å². The van der Waals surface area contributed by atoms with Crippen LogP contribution in [0.1, 0.15) is 58.4 Å². The number of phenolic OH excluding ortho intramolecular Hbond substituents is 2. The van der Waals surface area contributed by atoms with Gasteiger partial charge in [0, 0.05) is 15.7 Å². The zero-order valence-electron chi connectivity index (χ0n) is 14.7. The molecule has 1 aliphatic carbocycles. The van der Waals surface area contributed by atoms with E-state index in [1.807, 2.05) is 6.08 Å². The van der Waals surface area contributed by atoms with Gasteiger partial charge in [0.25, 0.3) is 0 Å². The summed E-state index contributed by atoms with van der Waals surface area (Å²) in [4.78, 5) is 0.890. The van der Waals surface area contributed by atoms with E-state index in [0.717, 1.165) is 16.9 Å². The minimum Gasteiger partial charge on any atom is -0.507 e. The van der Waals surface area contributed by atoms with Crippen LogP contribution in [0.3, 0.4) is 0 Å². The van der Waals surface area contributed by atoms with Gasteiger partial charge in [0.15, 0.2) is 0 Å². The van der Waals surface area contributed by atoms with Crippen molar-refractivity contribution >= 4 is 11.8 Å². The van der Waals surface area contributed by atoms with Gasteiger partial charge in [-0.25, -0.2) is 0 Å². The first-order valence-electron chi connectivity index (χ1n) is 8.68. The number of hydrogen-bond donors (Lipinski definition) is 2. The predicted octanol–water partition coefficient (Wildman–Crippen LogP) is 5.94. The van der Waals surface area contributed by atoms with Crippen molar-refractivity contribution in [3.8, 4) is 11.5 Å². The number of benzene rings is 1. The molecule has 23 heavy (non-hydrogen) atoms. The molecular formula is C20H30O2S. The molecule has 0 heterocycles. The Morgan fingerprint density at radius 3 is 2.30 bits per heavy atom. The van der Waals surface area contributed by atoms with Crippen LogP contribution in [0.15, 0.2) is 29.7 Å². The Kier molecular flexibility index (Phi) is 6.07. The highest BCUT2D eigenvalue weighted by molar-refractivity contribution is 8.00. The Balaban J connectivity index is 2.35. The van der Waals surface area contributed by atoms with E-state index in [1.54, 1.807) is 23.9 Å². The minimum absolute atomic E-state index is 0.244. The average Bonchev–Trinajstić information content (AvgIpc) is 2.46. The Bertz CT molecular complexity index is 530. The monoisotopic (exact) mass is 334 g/mol. The lowest BCUT2D eigenvalue weighted by Crippen LogP contribution is -2.26. The van der Waals surface area contributed by atoms with Gasteiger partial charge in [-0.05, 0) is 55.6 Å². The van der Waals surface area contributed by atoms with Crippen LogP contribution in [-0.4, -0.2) is 15.5 Å². The van der Waals surface area contributed by atoms with Crippen LogP contribution >= 0.6 is 11.8 Å². The third-order valence-corrected chi connectivity index (χ3v) is 6.23. The fourth-order valence-electron chi connectivity index (χ4n) is 3.84. The van der Waals surface area contributed by atoms with Gasteiger partial charge in [0.1, 0.15) is 11.5 Å². The Morgan fingerprint density at radius 2 is 1.78 bits per heavy atom. The third kappa shape index (κ3) is 4.26. The molecule has 0 radical (unpaired) electrons. The Morgan fingerprint density at radius 1 is 1.17 bits per heavy atom. The molecule has 128 valence electrons. The molecular weight excluding hydrogens is 304 g/mol. The lowest BCUT2D eigenvalue weighted by Gasteiger charge is -2.38. The number of phenols is 2. The summed E-state index contributed by atoms with van der Waals surface area (Å²) in [6, 6.07) is 3.60. The quantitative estimate of drug-likeness (QED) is 0.517. The molecule has 2 N–H and O–H groups in total. The van der Waals surface area contributed by atoms with Crippen LogP contribution in [0, 0.1) is 17.8 Å². The lowest BCUT2D eigenvalue weighted by atomic mass is 9.67. The summed E-state index contributed by atoms with van der Waals surface area (Å²) in [7, 11) is 0. The minimum atomic E-state index is 0.244. The first-order valence-corrected chi connectivity index (χ1v) is 9.56. The second-order valence-electron chi connectivity index (χ2n) is 7.37. The maximum atomic E-state index is 10.6. The van der Waals surface area contributed by atoms with E-state index in [0.29, 0.717) is 17.8 Å². The van der Waals surface area contributed by atoms with Gasteiger partial charge in [-0.1, -0.05) is 33.3 Å². The van der Waals surface area contributed by atoms with E-state index in [4.69, 9.17) is 0 Å². The largest absolute Gasteiger partial charge is 0.507 e. The van der Waals surface area contributed by atoms with Crippen LogP contribution in [0.5, 0.6) is 11.5 Å². The summed E-state index contributed by atoms with van der Waals surface area (Å²) in [5.41, 5.74) is 0.755. The molecule has 0 bridgehead atoms. The predicted molar refractivity (Wildman–Crippen MR) is 99.4 cm³/mol. The zero-order chi connectivity index (χ0) is 17.1. The van der Waals surface area contributed by atoms with Gasteiger partial charge in [0.2, 0.25) is 0 Å². The van der Waals surface area contributed by atoms with Gasteiger partial charge in [0.05, 0.1) is 0 Å². The standard InChI is InChI=1S/C20H30O2S/c1-6-14(5)23-15-10-18(21)20(19(22)11-15)17-9-13(4)7-8-16(17)12(2)3/h6,10-14,16-17,21-22H,1,7-9H2,2-5H3. The highest BCUT2D eigenvalue weighted by atomic mass is 32.2. The molecule has 1 saturated carbocycles. The van der Waals surface area contributed by atoms with Crippen LogP contribution in [0.2, 0.25) is 0 Å². The summed E-state index contributed by atoms with van der Waals surface area (Å²) < 4.78 is 0. The van der Waals surface area contributed by atoms with Gasteiger partial charge >= 0.3 is 0 Å². The topological polar surface area (TPSA) is 40.5 Å². The summed E-state index contributed by atoms with van der Waals surface area (Å²) in [6.45, 7) is 12.6. The fraction of sp³-hybridized carbons (Fsp3) is 0.600. The van der Waals surface area contributed by atoms with Crippen molar-refractivity contribution in [2.45, 2.75) is 63.0 Å². The van der Waals surface area contributed by atoms with E-state index >= 15 is 0 Å². The van der Waals surface area contributed by atoms with Crippen molar-refractivity contribution in [2.24, 2.45) is 17.8 Å². The maximum Gasteiger partial charge on any atom is 0.123 e. The molecule has 0 aliphatic heterocycles. The number of thioether (sulfide) groups is 1. The summed E-state index contributed by atoms with van der Waals surface area (Å²) in [5.74, 6) is 2.45. The van der Waals surface area contributed by atoms with Crippen molar-refractivity contribution in [3.63, 3.8) is 0 Å². The molecule has 0 aromatic heterocycles. The average molecular weight is 335 g/mol. The molecule has 0 amide bonds.